The first-order valence-electron chi connectivity index (χ1n) is 5.42. The van der Waals surface area contributed by atoms with Crippen LogP contribution < -0.4 is 0 Å². The lowest BCUT2D eigenvalue weighted by atomic mass is 9.78. The van der Waals surface area contributed by atoms with Gasteiger partial charge in [-0.15, -0.1) is 0 Å². The minimum Gasteiger partial charge on any atom is -0.396 e. The maximum Gasteiger partial charge on any atom is 0.135 e. The molecule has 84 valence electrons. The fourth-order valence-electron chi connectivity index (χ4n) is 1.40. The minimum atomic E-state index is 0.0893. The van der Waals surface area contributed by atoms with Crippen molar-refractivity contribution in [2.24, 2.45) is 17.3 Å². The van der Waals surface area contributed by atoms with E-state index in [1.807, 2.05) is 13.8 Å². The zero-order chi connectivity index (χ0) is 11.4. The predicted molar refractivity (Wildman–Crippen MR) is 59.1 cm³/mol. The monoisotopic (exact) mass is 200 g/mol. The molecular weight excluding hydrogens is 176 g/mol. The molecule has 0 saturated heterocycles. The van der Waals surface area contributed by atoms with Crippen molar-refractivity contribution in [3.05, 3.63) is 0 Å². The Morgan fingerprint density at radius 1 is 1.29 bits per heavy atom. The van der Waals surface area contributed by atoms with Gasteiger partial charge in [-0.2, -0.15) is 0 Å². The molecule has 0 bridgehead atoms. The largest absolute Gasteiger partial charge is 0.396 e. The zero-order valence-electron chi connectivity index (χ0n) is 10.1. The zero-order valence-corrected chi connectivity index (χ0v) is 10.1. The topological polar surface area (TPSA) is 37.3 Å². The van der Waals surface area contributed by atoms with Crippen LogP contribution in [-0.2, 0) is 4.79 Å². The first-order chi connectivity index (χ1) is 6.29. The van der Waals surface area contributed by atoms with Crippen LogP contribution in [0.5, 0.6) is 0 Å². The fourth-order valence-corrected chi connectivity index (χ4v) is 1.40. The highest BCUT2D eigenvalue weighted by molar-refractivity contribution is 5.80. The molecule has 0 fully saturated rings. The summed E-state index contributed by atoms with van der Waals surface area (Å²) in [5.41, 5.74) is 0.0893. The molecule has 0 heterocycles. The Labute approximate surface area is 87.7 Å². The molecule has 0 rings (SSSR count). The van der Waals surface area contributed by atoms with Gasteiger partial charge in [0.15, 0.2) is 0 Å². The number of hydrogen-bond acceptors (Lipinski definition) is 2. The molecule has 0 aliphatic rings. The highest BCUT2D eigenvalue weighted by Crippen LogP contribution is 2.29. The number of carbonyl (C=O) groups is 1. The second-order valence-corrected chi connectivity index (χ2v) is 5.41. The highest BCUT2D eigenvalue weighted by Gasteiger charge is 2.24. The lowest BCUT2D eigenvalue weighted by Crippen LogP contribution is -2.25. The minimum absolute atomic E-state index is 0.0893. The number of Topliss-reactive ketones (excluding diaryl/α,β-unsaturated/α-hetero) is 1. The highest BCUT2D eigenvalue weighted by atomic mass is 16.3. The molecule has 1 N–H and O–H groups in total. The Morgan fingerprint density at radius 3 is 2.07 bits per heavy atom. The SMILES string of the molecule is CC(C)C(=O)CCC(CO)C(C)(C)C. The molecule has 0 aromatic rings. The number of carbonyl (C=O) groups excluding carboxylic acids is 1. The second kappa shape index (κ2) is 5.50. The summed E-state index contributed by atoms with van der Waals surface area (Å²) in [5.74, 6) is 0.646. The quantitative estimate of drug-likeness (QED) is 0.740. The van der Waals surface area contributed by atoms with Gasteiger partial charge in [0.1, 0.15) is 5.78 Å². The van der Waals surface area contributed by atoms with Crippen molar-refractivity contribution in [1.29, 1.82) is 0 Å². The van der Waals surface area contributed by atoms with Gasteiger partial charge in [-0.05, 0) is 17.8 Å². The van der Waals surface area contributed by atoms with Crippen LogP contribution >= 0.6 is 0 Å². The van der Waals surface area contributed by atoms with Crippen LogP contribution in [0.3, 0.4) is 0 Å². The van der Waals surface area contributed by atoms with Crippen LogP contribution in [0, 0.1) is 17.3 Å². The van der Waals surface area contributed by atoms with Gasteiger partial charge in [0, 0.05) is 18.9 Å². The summed E-state index contributed by atoms with van der Waals surface area (Å²) >= 11 is 0. The van der Waals surface area contributed by atoms with Crippen LogP contribution in [0.4, 0.5) is 0 Å². The van der Waals surface area contributed by atoms with Gasteiger partial charge < -0.3 is 5.11 Å². The number of aliphatic hydroxyl groups is 1. The van der Waals surface area contributed by atoms with Gasteiger partial charge in [0.05, 0.1) is 0 Å². The second-order valence-electron chi connectivity index (χ2n) is 5.41. The van der Waals surface area contributed by atoms with E-state index in [9.17, 15) is 9.90 Å². The van der Waals surface area contributed by atoms with E-state index in [0.717, 1.165) is 6.42 Å². The molecule has 0 amide bonds. The van der Waals surface area contributed by atoms with Crippen molar-refractivity contribution in [3.63, 3.8) is 0 Å². The Morgan fingerprint density at radius 2 is 1.79 bits per heavy atom. The van der Waals surface area contributed by atoms with E-state index in [2.05, 4.69) is 20.8 Å². The van der Waals surface area contributed by atoms with E-state index in [1.165, 1.54) is 0 Å². The number of aliphatic hydroxyl groups excluding tert-OH is 1. The first kappa shape index (κ1) is 13.6. The average Bonchev–Trinajstić information content (AvgIpc) is 2.02. The van der Waals surface area contributed by atoms with E-state index in [4.69, 9.17) is 0 Å². The summed E-state index contributed by atoms with van der Waals surface area (Å²) in [6.07, 6.45) is 1.40. The van der Waals surface area contributed by atoms with Crippen molar-refractivity contribution in [2.45, 2.75) is 47.5 Å². The summed E-state index contributed by atoms with van der Waals surface area (Å²) in [4.78, 5) is 11.4. The molecular formula is C12H24O2. The van der Waals surface area contributed by atoms with E-state index in [0.29, 0.717) is 12.2 Å². The smallest absolute Gasteiger partial charge is 0.135 e. The summed E-state index contributed by atoms with van der Waals surface area (Å²) in [7, 11) is 0. The van der Waals surface area contributed by atoms with Gasteiger partial charge in [0.25, 0.3) is 0 Å². The molecule has 1 atom stereocenters. The molecule has 0 aromatic heterocycles. The predicted octanol–water partition coefficient (Wildman–Crippen LogP) is 2.65. The van der Waals surface area contributed by atoms with Gasteiger partial charge in [-0.25, -0.2) is 0 Å². The van der Waals surface area contributed by atoms with E-state index in [1.54, 1.807) is 0 Å². The van der Waals surface area contributed by atoms with Crippen LogP contribution in [0.2, 0.25) is 0 Å². The molecule has 14 heavy (non-hydrogen) atoms. The Kier molecular flexibility index (Phi) is 5.35. The molecule has 0 aromatic carbocycles. The normalized spacial score (nSPS) is 14.5. The summed E-state index contributed by atoms with van der Waals surface area (Å²) < 4.78 is 0. The van der Waals surface area contributed by atoms with Gasteiger partial charge in [-0.1, -0.05) is 34.6 Å². The van der Waals surface area contributed by atoms with E-state index < -0.39 is 0 Å². The number of rotatable bonds is 5. The first-order valence-corrected chi connectivity index (χ1v) is 5.42. The molecule has 2 nitrogen and oxygen atoms in total. The molecule has 0 spiro atoms. The van der Waals surface area contributed by atoms with Crippen molar-refractivity contribution in [2.75, 3.05) is 6.61 Å². The van der Waals surface area contributed by atoms with Crippen LogP contribution in [0.15, 0.2) is 0 Å². The van der Waals surface area contributed by atoms with E-state index in [-0.39, 0.29) is 23.9 Å². The third-order valence-corrected chi connectivity index (χ3v) is 2.83. The standard InChI is InChI=1S/C12H24O2/c1-9(2)11(14)7-6-10(8-13)12(3,4)5/h9-10,13H,6-8H2,1-5H3. The third-order valence-electron chi connectivity index (χ3n) is 2.83. The van der Waals surface area contributed by atoms with Crippen LogP contribution in [-0.4, -0.2) is 17.5 Å². The molecule has 0 radical (unpaired) electrons. The van der Waals surface area contributed by atoms with Crippen molar-refractivity contribution >= 4 is 5.78 Å². The van der Waals surface area contributed by atoms with Crippen LogP contribution in [0.25, 0.3) is 0 Å². The van der Waals surface area contributed by atoms with Gasteiger partial charge in [-0.3, -0.25) is 4.79 Å². The Hall–Kier alpha value is -0.370. The Balaban J connectivity index is 4.04. The summed E-state index contributed by atoms with van der Waals surface area (Å²) in [6.45, 7) is 10.3. The lowest BCUT2D eigenvalue weighted by Gasteiger charge is -2.29. The van der Waals surface area contributed by atoms with Crippen LogP contribution in [0.1, 0.15) is 47.5 Å². The molecule has 1 unspecified atom stereocenters. The molecule has 2 heteroatoms. The van der Waals surface area contributed by atoms with Gasteiger partial charge in [0.2, 0.25) is 0 Å². The van der Waals surface area contributed by atoms with Crippen molar-refractivity contribution in [3.8, 4) is 0 Å². The fraction of sp³-hybridized carbons (Fsp3) is 0.917. The summed E-state index contributed by atoms with van der Waals surface area (Å²) in [5, 5.41) is 9.20. The maximum atomic E-state index is 11.4. The summed E-state index contributed by atoms with van der Waals surface area (Å²) in [6, 6.07) is 0. The molecule has 0 aliphatic carbocycles. The maximum absolute atomic E-state index is 11.4. The molecule has 0 aliphatic heterocycles. The van der Waals surface area contributed by atoms with Gasteiger partial charge >= 0.3 is 0 Å². The lowest BCUT2D eigenvalue weighted by molar-refractivity contribution is -0.122. The number of hydrogen-bond donors (Lipinski definition) is 1. The van der Waals surface area contributed by atoms with E-state index >= 15 is 0 Å². The Bertz CT molecular complexity index is 177. The van der Waals surface area contributed by atoms with Crippen molar-refractivity contribution < 1.29 is 9.90 Å². The third kappa shape index (κ3) is 4.75. The molecule has 0 saturated carbocycles. The number of ketones is 1. The average molecular weight is 200 g/mol. The van der Waals surface area contributed by atoms with Crippen molar-refractivity contribution in [1.82, 2.24) is 0 Å².